The topological polar surface area (TPSA) is 74.0 Å². The molecule has 0 radical (unpaired) electrons. The molecule has 2 aromatic heterocycles. The smallest absolute Gasteiger partial charge is 0.271 e. The van der Waals surface area contributed by atoms with Gasteiger partial charge in [0.15, 0.2) is 0 Å². The Morgan fingerprint density at radius 2 is 2.33 bits per heavy atom. The summed E-state index contributed by atoms with van der Waals surface area (Å²) >= 11 is 0. The van der Waals surface area contributed by atoms with Crippen LogP contribution in [0.2, 0.25) is 0 Å². The van der Waals surface area contributed by atoms with Gasteiger partial charge < -0.3 is 10.1 Å². The molecule has 7 nitrogen and oxygen atoms in total. The van der Waals surface area contributed by atoms with E-state index in [1.54, 1.807) is 34.9 Å². The van der Waals surface area contributed by atoms with E-state index in [1.165, 1.54) is 0 Å². The quantitative estimate of drug-likeness (QED) is 0.729. The molecule has 0 atom stereocenters. The van der Waals surface area contributed by atoms with Gasteiger partial charge in [-0.15, -0.1) is 0 Å². The van der Waals surface area contributed by atoms with Gasteiger partial charge >= 0.3 is 0 Å². The second-order valence-electron chi connectivity index (χ2n) is 3.68. The van der Waals surface area contributed by atoms with Crippen molar-refractivity contribution in [2.75, 3.05) is 20.3 Å². The molecule has 2 heterocycles. The third-order valence-corrected chi connectivity index (χ3v) is 2.31. The van der Waals surface area contributed by atoms with Crippen LogP contribution in [0.3, 0.4) is 0 Å². The van der Waals surface area contributed by atoms with Crippen LogP contribution in [-0.2, 0) is 11.4 Å². The average molecular weight is 249 g/mol. The predicted molar refractivity (Wildman–Crippen MR) is 64.1 cm³/mol. The van der Waals surface area contributed by atoms with E-state index in [-0.39, 0.29) is 5.91 Å². The third-order valence-electron chi connectivity index (χ3n) is 2.31. The van der Waals surface area contributed by atoms with Crippen LogP contribution >= 0.6 is 0 Å². The highest BCUT2D eigenvalue weighted by Crippen LogP contribution is 1.96. The number of rotatable bonds is 6. The van der Waals surface area contributed by atoms with Crippen LogP contribution in [0, 0.1) is 0 Å². The first-order valence-corrected chi connectivity index (χ1v) is 5.57. The second-order valence-corrected chi connectivity index (χ2v) is 3.68. The maximum atomic E-state index is 11.7. The Kier molecular flexibility index (Phi) is 4.08. The Morgan fingerprint density at radius 3 is 3.06 bits per heavy atom. The molecule has 0 unspecified atom stereocenters. The van der Waals surface area contributed by atoms with Gasteiger partial charge in [0, 0.05) is 32.2 Å². The highest BCUT2D eigenvalue weighted by atomic mass is 16.5. The molecular weight excluding hydrogens is 234 g/mol. The maximum absolute atomic E-state index is 11.7. The molecule has 1 amide bonds. The van der Waals surface area contributed by atoms with E-state index in [4.69, 9.17) is 4.74 Å². The Balaban J connectivity index is 1.91. The van der Waals surface area contributed by atoms with Crippen molar-refractivity contribution in [2.45, 2.75) is 6.67 Å². The van der Waals surface area contributed by atoms with E-state index in [2.05, 4.69) is 15.5 Å². The minimum Gasteiger partial charge on any atom is -0.383 e. The Bertz CT molecular complexity index is 491. The molecule has 0 aliphatic heterocycles. The molecule has 0 saturated heterocycles. The van der Waals surface area contributed by atoms with E-state index in [0.29, 0.717) is 25.5 Å². The summed E-state index contributed by atoms with van der Waals surface area (Å²) in [5.41, 5.74) is 0.387. The second kappa shape index (κ2) is 5.97. The normalized spacial score (nSPS) is 10.5. The van der Waals surface area contributed by atoms with Crippen LogP contribution in [0.15, 0.2) is 30.7 Å². The summed E-state index contributed by atoms with van der Waals surface area (Å²) in [6.07, 6.45) is 5.27. The number of hydrogen-bond acceptors (Lipinski definition) is 4. The monoisotopic (exact) mass is 249 g/mol. The SMILES string of the molecule is COCCNC(=O)c1ccn(Cn2cccn2)n1. The number of nitrogens with zero attached hydrogens (tertiary/aromatic N) is 4. The van der Waals surface area contributed by atoms with Gasteiger partial charge in [0.1, 0.15) is 12.4 Å². The van der Waals surface area contributed by atoms with Crippen molar-refractivity contribution in [2.24, 2.45) is 0 Å². The fourth-order valence-corrected chi connectivity index (χ4v) is 1.45. The van der Waals surface area contributed by atoms with Crippen molar-refractivity contribution >= 4 is 5.91 Å². The molecule has 0 fully saturated rings. The lowest BCUT2D eigenvalue weighted by atomic mass is 10.4. The molecule has 7 heteroatoms. The first-order chi connectivity index (χ1) is 8.79. The van der Waals surface area contributed by atoms with Gasteiger partial charge in [-0.05, 0) is 12.1 Å². The lowest BCUT2D eigenvalue weighted by Gasteiger charge is -2.02. The van der Waals surface area contributed by atoms with Crippen LogP contribution in [0.4, 0.5) is 0 Å². The van der Waals surface area contributed by atoms with Crippen molar-refractivity contribution in [3.8, 4) is 0 Å². The highest BCUT2D eigenvalue weighted by Gasteiger charge is 2.08. The van der Waals surface area contributed by atoms with Crippen LogP contribution < -0.4 is 5.32 Å². The number of carbonyl (C=O) groups excluding carboxylic acids is 1. The van der Waals surface area contributed by atoms with E-state index in [0.717, 1.165) is 0 Å². The molecule has 0 spiro atoms. The lowest BCUT2D eigenvalue weighted by Crippen LogP contribution is -2.27. The zero-order valence-corrected chi connectivity index (χ0v) is 10.1. The minimum atomic E-state index is -0.203. The standard InChI is InChI=1S/C11H15N5O2/c1-18-8-5-12-11(17)10-3-7-16(14-10)9-15-6-2-4-13-15/h2-4,6-7H,5,8-9H2,1H3,(H,12,17). The van der Waals surface area contributed by atoms with Crippen LogP contribution in [0.1, 0.15) is 10.5 Å². The van der Waals surface area contributed by atoms with Gasteiger partial charge in [0.25, 0.3) is 5.91 Å². The van der Waals surface area contributed by atoms with Gasteiger partial charge in [0.05, 0.1) is 6.61 Å². The number of aromatic nitrogens is 4. The summed E-state index contributed by atoms with van der Waals surface area (Å²) < 4.78 is 8.22. The van der Waals surface area contributed by atoms with Crippen molar-refractivity contribution in [3.05, 3.63) is 36.4 Å². The maximum Gasteiger partial charge on any atom is 0.271 e. The summed E-state index contributed by atoms with van der Waals surface area (Å²) in [5, 5.41) is 10.9. The molecular formula is C11H15N5O2. The van der Waals surface area contributed by atoms with Crippen LogP contribution in [0.5, 0.6) is 0 Å². The molecule has 2 rings (SSSR count). The molecule has 0 aliphatic carbocycles. The molecule has 2 aromatic rings. The zero-order valence-electron chi connectivity index (χ0n) is 10.1. The molecule has 1 N–H and O–H groups in total. The fourth-order valence-electron chi connectivity index (χ4n) is 1.45. The molecule has 18 heavy (non-hydrogen) atoms. The molecule has 96 valence electrons. The van der Waals surface area contributed by atoms with Crippen LogP contribution in [0.25, 0.3) is 0 Å². The summed E-state index contributed by atoms with van der Waals surface area (Å²) in [5.74, 6) is -0.203. The Hall–Kier alpha value is -2.15. The van der Waals surface area contributed by atoms with E-state index in [1.807, 2.05) is 12.3 Å². The molecule has 0 aliphatic rings. The van der Waals surface area contributed by atoms with Crippen LogP contribution in [-0.4, -0.2) is 45.7 Å². The van der Waals surface area contributed by atoms with Gasteiger partial charge in [0.2, 0.25) is 0 Å². The fraction of sp³-hybridized carbons (Fsp3) is 0.364. The summed E-state index contributed by atoms with van der Waals surface area (Å²) in [7, 11) is 1.59. The number of methoxy groups -OCH3 is 1. The Morgan fingerprint density at radius 1 is 1.44 bits per heavy atom. The van der Waals surface area contributed by atoms with Gasteiger partial charge in [-0.25, -0.2) is 0 Å². The lowest BCUT2D eigenvalue weighted by molar-refractivity contribution is 0.0931. The summed E-state index contributed by atoms with van der Waals surface area (Å²) in [6, 6.07) is 3.51. The third kappa shape index (κ3) is 3.17. The average Bonchev–Trinajstić information content (AvgIpc) is 3.01. The highest BCUT2D eigenvalue weighted by molar-refractivity contribution is 5.92. The van der Waals surface area contributed by atoms with Crippen molar-refractivity contribution in [1.82, 2.24) is 24.9 Å². The van der Waals surface area contributed by atoms with Gasteiger partial charge in [-0.2, -0.15) is 10.2 Å². The largest absolute Gasteiger partial charge is 0.383 e. The van der Waals surface area contributed by atoms with Crippen molar-refractivity contribution < 1.29 is 9.53 Å². The van der Waals surface area contributed by atoms with Crippen molar-refractivity contribution in [3.63, 3.8) is 0 Å². The summed E-state index contributed by atoms with van der Waals surface area (Å²) in [6.45, 7) is 1.44. The molecule has 0 bridgehead atoms. The van der Waals surface area contributed by atoms with E-state index < -0.39 is 0 Å². The van der Waals surface area contributed by atoms with Gasteiger partial charge in [-0.3, -0.25) is 14.2 Å². The number of ether oxygens (including phenoxy) is 1. The minimum absolute atomic E-state index is 0.203. The predicted octanol–water partition coefficient (Wildman–Crippen LogP) is -0.0384. The number of nitrogens with one attached hydrogen (secondary N) is 1. The Labute approximate surface area is 104 Å². The van der Waals surface area contributed by atoms with E-state index in [9.17, 15) is 4.79 Å². The zero-order chi connectivity index (χ0) is 12.8. The molecule has 0 saturated carbocycles. The number of hydrogen-bond donors (Lipinski definition) is 1. The first-order valence-electron chi connectivity index (χ1n) is 5.57. The van der Waals surface area contributed by atoms with Crippen molar-refractivity contribution in [1.29, 1.82) is 0 Å². The van der Waals surface area contributed by atoms with Gasteiger partial charge in [-0.1, -0.05) is 0 Å². The molecule has 0 aromatic carbocycles. The first kappa shape index (κ1) is 12.3. The summed E-state index contributed by atoms with van der Waals surface area (Å²) in [4.78, 5) is 11.7. The number of carbonyl (C=O) groups is 1. The van der Waals surface area contributed by atoms with E-state index >= 15 is 0 Å². The number of amides is 1.